The van der Waals surface area contributed by atoms with Gasteiger partial charge in [0.25, 0.3) is 5.69 Å². The fourth-order valence-corrected chi connectivity index (χ4v) is 3.15. The molecule has 98 valence electrons. The number of carboxylic acids is 1. The van der Waals surface area contributed by atoms with Crippen LogP contribution in [-0.4, -0.2) is 16.0 Å². The number of aromatic carboxylic acids is 1. The van der Waals surface area contributed by atoms with E-state index in [0.717, 1.165) is 35.2 Å². The first-order valence-corrected chi connectivity index (χ1v) is 6.60. The molecule has 0 spiro atoms. The summed E-state index contributed by atoms with van der Waals surface area (Å²) in [6, 6.07) is 4.68. The molecule has 0 radical (unpaired) electrons. The van der Waals surface area contributed by atoms with E-state index in [1.54, 1.807) is 5.38 Å². The van der Waals surface area contributed by atoms with Crippen molar-refractivity contribution in [3.05, 3.63) is 50.5 Å². The highest BCUT2D eigenvalue weighted by molar-refractivity contribution is 7.99. The molecular weight excluding hydrogens is 293 g/mol. The zero-order valence-electron chi connectivity index (χ0n) is 9.20. The summed E-state index contributed by atoms with van der Waals surface area (Å²) in [4.78, 5) is 21.8. The van der Waals surface area contributed by atoms with Gasteiger partial charge in [-0.3, -0.25) is 10.1 Å². The van der Waals surface area contributed by atoms with Gasteiger partial charge < -0.3 is 5.11 Å². The fraction of sp³-hybridized carbons (Fsp3) is 0. The van der Waals surface area contributed by atoms with Crippen LogP contribution in [0.5, 0.6) is 0 Å². The second-order valence-electron chi connectivity index (χ2n) is 3.46. The molecule has 1 aromatic carbocycles. The van der Waals surface area contributed by atoms with Crippen molar-refractivity contribution in [2.45, 2.75) is 9.79 Å². The first kappa shape index (κ1) is 13.5. The Morgan fingerprint density at radius 3 is 2.63 bits per heavy atom. The Hall–Kier alpha value is -1.93. The Morgan fingerprint density at radius 1 is 1.32 bits per heavy atom. The fourth-order valence-electron chi connectivity index (χ4n) is 1.33. The SMILES string of the molecule is O=C(O)c1cc(Sc2cc(F)cc([N+](=O)[O-])c2)cs1. The minimum Gasteiger partial charge on any atom is -0.477 e. The number of carbonyl (C=O) groups is 1. The molecule has 0 saturated heterocycles. The van der Waals surface area contributed by atoms with Crippen molar-refractivity contribution in [3.8, 4) is 0 Å². The number of carboxylic acid groups (broad SMARTS) is 1. The number of thiophene rings is 1. The molecule has 0 unspecified atom stereocenters. The van der Waals surface area contributed by atoms with Gasteiger partial charge in [0.2, 0.25) is 0 Å². The number of hydrogen-bond acceptors (Lipinski definition) is 5. The van der Waals surface area contributed by atoms with Crippen LogP contribution >= 0.6 is 23.1 Å². The van der Waals surface area contributed by atoms with E-state index >= 15 is 0 Å². The van der Waals surface area contributed by atoms with E-state index < -0.39 is 16.7 Å². The third-order valence-electron chi connectivity index (χ3n) is 2.09. The molecule has 0 fully saturated rings. The number of hydrogen-bond donors (Lipinski definition) is 1. The summed E-state index contributed by atoms with van der Waals surface area (Å²) in [6.45, 7) is 0. The third-order valence-corrected chi connectivity index (χ3v) is 4.10. The summed E-state index contributed by atoms with van der Waals surface area (Å²) in [5, 5.41) is 21.0. The largest absolute Gasteiger partial charge is 0.477 e. The van der Waals surface area contributed by atoms with Crippen molar-refractivity contribution in [1.82, 2.24) is 0 Å². The van der Waals surface area contributed by atoms with Gasteiger partial charge in [0, 0.05) is 21.2 Å². The Morgan fingerprint density at radius 2 is 2.05 bits per heavy atom. The lowest BCUT2D eigenvalue weighted by Crippen LogP contribution is -1.90. The molecule has 0 aliphatic heterocycles. The molecule has 0 bridgehead atoms. The van der Waals surface area contributed by atoms with Crippen molar-refractivity contribution < 1.29 is 19.2 Å². The van der Waals surface area contributed by atoms with E-state index in [1.165, 1.54) is 12.1 Å². The van der Waals surface area contributed by atoms with Crippen molar-refractivity contribution >= 4 is 34.8 Å². The standard InChI is InChI=1S/C11H6FNO4S2/c12-6-1-7(13(16)17)3-8(2-6)19-9-4-10(11(14)15)18-5-9/h1-5H,(H,14,15). The second-order valence-corrected chi connectivity index (χ2v) is 5.51. The maximum Gasteiger partial charge on any atom is 0.345 e. The molecular formula is C11H6FNO4S2. The van der Waals surface area contributed by atoms with E-state index in [9.17, 15) is 19.3 Å². The quantitative estimate of drug-likeness (QED) is 0.688. The highest BCUT2D eigenvalue weighted by Crippen LogP contribution is 2.33. The van der Waals surface area contributed by atoms with Gasteiger partial charge in [-0.1, -0.05) is 11.8 Å². The van der Waals surface area contributed by atoms with Gasteiger partial charge in [-0.05, 0) is 12.1 Å². The monoisotopic (exact) mass is 299 g/mol. The summed E-state index contributed by atoms with van der Waals surface area (Å²) in [5.74, 6) is -1.74. The first-order valence-electron chi connectivity index (χ1n) is 4.90. The van der Waals surface area contributed by atoms with Crippen molar-refractivity contribution in [3.63, 3.8) is 0 Å². The molecule has 1 N–H and O–H groups in total. The van der Waals surface area contributed by atoms with Crippen molar-refractivity contribution in [1.29, 1.82) is 0 Å². The van der Waals surface area contributed by atoms with Crippen LogP contribution in [-0.2, 0) is 0 Å². The Balaban J connectivity index is 2.27. The maximum absolute atomic E-state index is 13.2. The first-order chi connectivity index (χ1) is 8.95. The number of non-ortho nitro benzene ring substituents is 1. The lowest BCUT2D eigenvalue weighted by molar-refractivity contribution is -0.385. The number of benzene rings is 1. The zero-order chi connectivity index (χ0) is 14.0. The van der Waals surface area contributed by atoms with Crippen molar-refractivity contribution in [2.75, 3.05) is 0 Å². The Labute approximate surface area is 114 Å². The van der Waals surface area contributed by atoms with Crippen LogP contribution in [0.25, 0.3) is 0 Å². The normalized spacial score (nSPS) is 10.4. The smallest absolute Gasteiger partial charge is 0.345 e. The van der Waals surface area contributed by atoms with Gasteiger partial charge in [0.15, 0.2) is 0 Å². The van der Waals surface area contributed by atoms with Crippen LogP contribution in [0, 0.1) is 15.9 Å². The van der Waals surface area contributed by atoms with Crippen LogP contribution in [0.4, 0.5) is 10.1 Å². The second kappa shape index (κ2) is 5.37. The highest BCUT2D eigenvalue weighted by atomic mass is 32.2. The van der Waals surface area contributed by atoms with Crippen LogP contribution in [0.15, 0.2) is 39.4 Å². The third kappa shape index (κ3) is 3.30. The predicted octanol–water partition coefficient (Wildman–Crippen LogP) is 3.64. The molecule has 0 aliphatic rings. The lowest BCUT2D eigenvalue weighted by atomic mass is 10.3. The summed E-state index contributed by atoms with van der Waals surface area (Å²) in [5.41, 5.74) is -0.337. The van der Waals surface area contributed by atoms with E-state index in [0.29, 0.717) is 9.79 Å². The van der Waals surface area contributed by atoms with E-state index in [4.69, 9.17) is 5.11 Å². The van der Waals surface area contributed by atoms with Gasteiger partial charge in [-0.25, -0.2) is 9.18 Å². The van der Waals surface area contributed by atoms with Crippen LogP contribution in [0.1, 0.15) is 9.67 Å². The number of nitrogens with zero attached hydrogens (tertiary/aromatic N) is 1. The molecule has 2 rings (SSSR count). The summed E-state index contributed by atoms with van der Waals surface area (Å²) < 4.78 is 13.2. The number of rotatable bonds is 4. The molecule has 1 aromatic heterocycles. The number of nitro groups is 1. The summed E-state index contributed by atoms with van der Waals surface area (Å²) >= 11 is 2.12. The molecule has 1 heterocycles. The molecule has 2 aromatic rings. The minimum absolute atomic E-state index is 0.161. The number of nitro benzene ring substituents is 1. The minimum atomic E-state index is -1.04. The van der Waals surface area contributed by atoms with Gasteiger partial charge >= 0.3 is 5.97 Å². The summed E-state index contributed by atoms with van der Waals surface area (Å²) in [6.07, 6.45) is 0. The van der Waals surface area contributed by atoms with Gasteiger partial charge in [0.1, 0.15) is 10.7 Å². The van der Waals surface area contributed by atoms with Gasteiger partial charge in [-0.15, -0.1) is 11.3 Å². The predicted molar refractivity (Wildman–Crippen MR) is 68.5 cm³/mol. The van der Waals surface area contributed by atoms with E-state index in [1.807, 2.05) is 0 Å². The van der Waals surface area contributed by atoms with E-state index in [-0.39, 0.29) is 10.6 Å². The molecule has 8 heteroatoms. The Bertz CT molecular complexity index is 656. The Kier molecular flexibility index (Phi) is 3.82. The molecule has 0 saturated carbocycles. The van der Waals surface area contributed by atoms with Crippen LogP contribution < -0.4 is 0 Å². The van der Waals surface area contributed by atoms with Gasteiger partial charge in [0.05, 0.1) is 11.0 Å². The van der Waals surface area contributed by atoms with Crippen LogP contribution in [0.3, 0.4) is 0 Å². The molecule has 19 heavy (non-hydrogen) atoms. The average molecular weight is 299 g/mol. The average Bonchev–Trinajstić information content (AvgIpc) is 2.76. The topological polar surface area (TPSA) is 80.4 Å². The molecule has 0 atom stereocenters. The van der Waals surface area contributed by atoms with Crippen molar-refractivity contribution in [2.24, 2.45) is 0 Å². The van der Waals surface area contributed by atoms with E-state index in [2.05, 4.69) is 0 Å². The molecule has 5 nitrogen and oxygen atoms in total. The van der Waals surface area contributed by atoms with Gasteiger partial charge in [-0.2, -0.15) is 0 Å². The lowest BCUT2D eigenvalue weighted by Gasteiger charge is -1.99. The number of halogens is 1. The molecule has 0 aliphatic carbocycles. The highest BCUT2D eigenvalue weighted by Gasteiger charge is 2.12. The molecule has 0 amide bonds. The maximum atomic E-state index is 13.2. The summed E-state index contributed by atoms with van der Waals surface area (Å²) in [7, 11) is 0. The van der Waals surface area contributed by atoms with Crippen LogP contribution in [0.2, 0.25) is 0 Å². The zero-order valence-corrected chi connectivity index (χ0v) is 10.8.